The number of carbonyl (C=O) groups is 4. The maximum atomic E-state index is 13.1. The first kappa shape index (κ1) is 81.1. The summed E-state index contributed by atoms with van der Waals surface area (Å²) in [6.45, 7) is -11.0. The summed E-state index contributed by atoms with van der Waals surface area (Å²) in [4.78, 5) is 49.5. The highest BCUT2D eigenvalue weighted by Crippen LogP contribution is 2.39. The van der Waals surface area contributed by atoms with Crippen LogP contribution in [0.15, 0.2) is 0 Å². The van der Waals surface area contributed by atoms with Crippen LogP contribution in [-0.4, -0.2) is 465 Å². The van der Waals surface area contributed by atoms with Gasteiger partial charge in [0.25, 0.3) is 0 Å². The molecule has 0 aromatic heterocycles. The van der Waals surface area contributed by atoms with Gasteiger partial charge < -0.3 is 194 Å². The molecule has 0 aromatic carbocycles. The van der Waals surface area contributed by atoms with Crippen molar-refractivity contribution in [2.45, 2.75) is 215 Å². The summed E-state index contributed by atoms with van der Waals surface area (Å²) in [6.07, 6.45) is -72.6. The minimum Gasteiger partial charge on any atom is -0.480 e. The van der Waals surface area contributed by atoms with Crippen molar-refractivity contribution in [3.63, 3.8) is 0 Å². The lowest BCUT2D eigenvalue weighted by molar-refractivity contribution is -0.396. The van der Waals surface area contributed by atoms with Gasteiger partial charge in [0.1, 0.15) is 171 Å². The van der Waals surface area contributed by atoms with E-state index in [4.69, 9.17) is 66.3 Å². The minimum absolute atomic E-state index is 0.224. The first-order chi connectivity index (χ1) is 47.0. The van der Waals surface area contributed by atoms with Gasteiger partial charge in [-0.15, -0.1) is 0 Å². The zero-order valence-corrected chi connectivity index (χ0v) is 52.3. The molecule has 21 saturated heterocycles. The first-order valence-corrected chi connectivity index (χ1v) is 31.4. The largest absolute Gasteiger partial charge is 0.480 e. The smallest absolute Gasteiger partial charge is 0.317 e. The Balaban J connectivity index is 1.05. The fourth-order valence-electron chi connectivity index (χ4n) is 12.5. The van der Waals surface area contributed by atoms with Crippen LogP contribution in [-0.2, 0) is 85.5 Å². The van der Waals surface area contributed by atoms with E-state index in [2.05, 4.69) is 10.6 Å². The molecule has 21 rings (SSSR count). The van der Waals surface area contributed by atoms with Crippen LogP contribution in [0.1, 0.15) is 0 Å². The second-order valence-corrected chi connectivity index (χ2v) is 24.6. The molecule has 45 heteroatoms. The van der Waals surface area contributed by atoms with Gasteiger partial charge >= 0.3 is 17.9 Å². The molecule has 0 aliphatic carbocycles. The number of nitrogens with one attached hydrogen (secondary N) is 2. The molecule has 35 atom stereocenters. The summed E-state index contributed by atoms with van der Waals surface area (Å²) in [7, 11) is 0. The van der Waals surface area contributed by atoms with Gasteiger partial charge in [-0.3, -0.25) is 29.0 Å². The lowest BCUT2D eigenvalue weighted by atomic mass is 9.95. The maximum absolute atomic E-state index is 13.1. The van der Waals surface area contributed by atoms with Crippen LogP contribution in [0.2, 0.25) is 0 Å². The molecule has 21 fully saturated rings. The molecule has 45 nitrogen and oxygen atoms in total. The number of hydrogen-bond donors (Lipinski definition) is 25. The molecule has 99 heavy (non-hydrogen) atoms. The van der Waals surface area contributed by atoms with Crippen molar-refractivity contribution in [1.29, 1.82) is 0 Å². The standard InChI is InChI=1S/C54H90N4O41/c59-10-17-42-29(74)36(81)50(88-17)96-44-19(12-61)90-52(38(83)31(44)76)98-46-21(14-63)92-54(40(85)33(46)78)99-47-22(15-64)91-53(39(84)32(47)77)97-45-20(13-62)89-51(37(82)30(45)75)95-43-18(11-60)87-49(35(80)28(43)73)93-41-16(86-48(94-42)34(79)27(41)72)5-55-1-2-56-23(65)6-57(7-24(66)67)3-4-58(8-25(68)69)9-26(70)71/h16-22,27-55,59-64,72-85H,1-15H2,(H,56,65)(H,66,67)(H,68,69)(H,70,71)/t16-,17-,18-,19-,20-,21-,22-,27-,28-,29-,30-,31-,32-,33-,34-,35-,36-,37-,38-,39-,40-,41-,42-,43-,44-,45-,46-,47-,48-,49-,50-,51-,52-,53-,54-/m1/s1. The number of carboxylic acid groups (broad SMARTS) is 3. The van der Waals surface area contributed by atoms with Crippen molar-refractivity contribution in [2.75, 3.05) is 98.5 Å². The predicted octanol–water partition coefficient (Wildman–Crippen LogP) is -17.7. The fraction of sp³-hybridized carbons (Fsp3) is 0.926. The van der Waals surface area contributed by atoms with E-state index < -0.39 is 311 Å². The lowest BCUT2D eigenvalue weighted by Crippen LogP contribution is -2.68. The molecule has 0 radical (unpaired) electrons. The summed E-state index contributed by atoms with van der Waals surface area (Å²) in [5, 5.41) is 258. The monoisotopic (exact) mass is 1450 g/mol. The average Bonchev–Trinajstić information content (AvgIpc) is 0.791. The Bertz CT molecular complexity index is 2520. The number of carbonyl (C=O) groups excluding carboxylic acids is 1. The predicted molar refractivity (Wildman–Crippen MR) is 303 cm³/mol. The van der Waals surface area contributed by atoms with E-state index in [0.29, 0.717) is 0 Å². The van der Waals surface area contributed by atoms with Crippen molar-refractivity contribution in [3.8, 4) is 0 Å². The molecule has 0 unspecified atom stereocenters. The molecule has 21 aliphatic heterocycles. The average molecular weight is 1450 g/mol. The van der Waals surface area contributed by atoms with E-state index >= 15 is 0 Å². The second kappa shape index (κ2) is 36.4. The van der Waals surface area contributed by atoms with E-state index in [1.807, 2.05) is 0 Å². The third-order valence-electron chi connectivity index (χ3n) is 17.7. The number of hydrogen-bond acceptors (Lipinski definition) is 41. The molecule has 21 aliphatic rings. The van der Waals surface area contributed by atoms with Crippen LogP contribution in [0, 0.1) is 0 Å². The van der Waals surface area contributed by atoms with Gasteiger partial charge in [-0.2, -0.15) is 0 Å². The van der Waals surface area contributed by atoms with Gasteiger partial charge in [-0.25, -0.2) is 0 Å². The summed E-state index contributed by atoms with van der Waals surface area (Å²) < 4.78 is 81.1. The second-order valence-electron chi connectivity index (χ2n) is 24.6. The Morgan fingerprint density at radius 1 is 0.273 bits per heavy atom. The van der Waals surface area contributed by atoms with Gasteiger partial charge in [0, 0.05) is 32.7 Å². The van der Waals surface area contributed by atoms with Crippen LogP contribution in [0.4, 0.5) is 0 Å². The Hall–Kier alpha value is -3.60. The molecular weight excluding hydrogens is 1360 g/mol. The topological polar surface area (TPSA) is 693 Å². The third-order valence-corrected chi connectivity index (χ3v) is 17.7. The normalized spacial score (nSPS) is 45.6. The summed E-state index contributed by atoms with van der Waals surface area (Å²) in [5.74, 6) is -4.93. The van der Waals surface area contributed by atoms with Crippen LogP contribution >= 0.6 is 0 Å². The van der Waals surface area contributed by atoms with E-state index in [1.165, 1.54) is 0 Å². The summed E-state index contributed by atoms with van der Waals surface area (Å²) in [6, 6.07) is 0. The quantitative estimate of drug-likeness (QED) is 0.0448. The molecule has 572 valence electrons. The van der Waals surface area contributed by atoms with Crippen molar-refractivity contribution >= 4 is 23.8 Å². The zero-order valence-electron chi connectivity index (χ0n) is 52.3. The fourth-order valence-corrected chi connectivity index (χ4v) is 12.5. The van der Waals surface area contributed by atoms with Gasteiger partial charge in [-0.1, -0.05) is 0 Å². The first-order valence-electron chi connectivity index (χ1n) is 31.4. The molecule has 0 saturated carbocycles. The van der Waals surface area contributed by atoms with Crippen LogP contribution in [0.5, 0.6) is 0 Å². The van der Waals surface area contributed by atoms with Gasteiger partial charge in [-0.05, 0) is 0 Å². The molecule has 21 heterocycles. The Labute approximate surface area is 559 Å². The van der Waals surface area contributed by atoms with Crippen LogP contribution in [0.25, 0.3) is 0 Å². The number of carboxylic acids is 3. The number of aliphatic carboxylic acids is 3. The molecule has 0 spiro atoms. The summed E-state index contributed by atoms with van der Waals surface area (Å²) >= 11 is 0. The SMILES string of the molecule is O=C(O)CN(CCN(CC(=O)O)CC(=O)NCCNC[C@H]1O[C@@H]2O[C@H]3[C@H](O)[C@@H](O)[C@@H](O[C@H]4[C@H](O)[C@@H](O)[C@@H](O[C@H]5[C@H](O)[C@@H](O)[C@@H](O[C@H]6[C@H](O)[C@@H](O)[C@@H](O[C@H]7[C@H](O)[C@@H](O)[C@@H](O[C@H]8[C@H](O)[C@@H](O)[C@@H](O[C@H]1[C@H](O)[C@H]2O)O[C@@H]8CO)O[C@@H]7CO)O[C@@H]6CO)O[C@@H]5CO)O[C@@H]4CO)O[C@@H]3CO)CC(=O)O. The van der Waals surface area contributed by atoms with Crippen molar-refractivity contribution in [3.05, 3.63) is 0 Å². The van der Waals surface area contributed by atoms with E-state index in [1.54, 1.807) is 0 Å². The highest BCUT2D eigenvalue weighted by atomic mass is 16.8. The van der Waals surface area contributed by atoms with Gasteiger partial charge in [0.15, 0.2) is 44.0 Å². The van der Waals surface area contributed by atoms with Gasteiger partial charge in [0.05, 0.1) is 65.8 Å². The van der Waals surface area contributed by atoms with Gasteiger partial charge in [0.2, 0.25) is 5.91 Å². The highest BCUT2D eigenvalue weighted by Gasteiger charge is 2.60. The van der Waals surface area contributed by atoms with E-state index in [-0.39, 0.29) is 26.2 Å². The highest BCUT2D eigenvalue weighted by molar-refractivity contribution is 5.79. The lowest BCUT2D eigenvalue weighted by Gasteiger charge is -2.50. The number of ether oxygens (including phenoxy) is 14. The zero-order chi connectivity index (χ0) is 72.6. The van der Waals surface area contributed by atoms with Crippen LogP contribution in [0.3, 0.4) is 0 Å². The van der Waals surface area contributed by atoms with Crippen molar-refractivity contribution in [2.24, 2.45) is 0 Å². The Morgan fingerprint density at radius 3 is 0.687 bits per heavy atom. The Kier molecular flexibility index (Phi) is 29.8. The number of aliphatic hydroxyl groups excluding tert-OH is 20. The van der Waals surface area contributed by atoms with E-state index in [0.717, 1.165) is 9.80 Å². The molecule has 0 aromatic rings. The Morgan fingerprint density at radius 2 is 0.475 bits per heavy atom. The van der Waals surface area contributed by atoms with Crippen molar-refractivity contribution < 1.29 is 203 Å². The van der Waals surface area contributed by atoms with Crippen LogP contribution < -0.4 is 10.6 Å². The number of nitrogens with zero attached hydrogens (tertiary/aromatic N) is 2. The summed E-state index contributed by atoms with van der Waals surface area (Å²) in [5.41, 5.74) is 0. The molecular formula is C54H90N4O41. The number of aliphatic hydroxyl groups is 20. The molecule has 1 amide bonds. The number of rotatable bonds is 22. The number of amides is 1. The van der Waals surface area contributed by atoms with E-state index in [9.17, 15) is 137 Å². The minimum atomic E-state index is -2.31. The molecule has 14 bridgehead atoms. The van der Waals surface area contributed by atoms with Crippen molar-refractivity contribution in [1.82, 2.24) is 20.4 Å². The maximum Gasteiger partial charge on any atom is 0.317 e. The third kappa shape index (κ3) is 19.1. The molecule has 25 N–H and O–H groups in total.